The molecule has 5 nitrogen and oxygen atoms in total. The summed E-state index contributed by atoms with van der Waals surface area (Å²) in [4.78, 5) is 9.54. The normalized spacial score (nSPS) is 15.3. The Labute approximate surface area is 183 Å². The number of benzene rings is 2. The van der Waals surface area contributed by atoms with Gasteiger partial charge in [0.2, 0.25) is 0 Å². The lowest BCUT2D eigenvalue weighted by Crippen LogP contribution is -2.43. The maximum absolute atomic E-state index is 4.79. The van der Waals surface area contributed by atoms with Crippen molar-refractivity contribution in [3.8, 4) is 28.2 Å². The highest BCUT2D eigenvalue weighted by atomic mass is 15.3. The topological polar surface area (TPSA) is 37.2 Å². The van der Waals surface area contributed by atoms with Gasteiger partial charge in [-0.2, -0.15) is 5.10 Å². The molecule has 1 fully saturated rings. The smallest absolute Gasteiger partial charge is 0.0970 e. The second-order valence-electron chi connectivity index (χ2n) is 8.14. The van der Waals surface area contributed by atoms with Crippen LogP contribution < -0.4 is 0 Å². The summed E-state index contributed by atoms with van der Waals surface area (Å²) >= 11 is 0. The van der Waals surface area contributed by atoms with E-state index < -0.39 is 0 Å². The Hall–Kier alpha value is -3.28. The molecule has 0 N–H and O–H groups in total. The van der Waals surface area contributed by atoms with E-state index in [1.165, 1.54) is 16.7 Å². The van der Waals surface area contributed by atoms with Gasteiger partial charge < -0.3 is 4.90 Å². The van der Waals surface area contributed by atoms with Crippen molar-refractivity contribution in [3.63, 3.8) is 0 Å². The summed E-state index contributed by atoms with van der Waals surface area (Å²) in [6.07, 6.45) is 3.86. The zero-order valence-corrected chi connectivity index (χ0v) is 17.9. The zero-order chi connectivity index (χ0) is 21.0. The number of nitrogens with zero attached hydrogens (tertiary/aromatic N) is 5. The number of pyridine rings is 1. The minimum absolute atomic E-state index is 0.891. The molecule has 0 bridgehead atoms. The Morgan fingerprint density at radius 1 is 0.774 bits per heavy atom. The number of likely N-dealkylation sites (N-methyl/N-ethyl adjacent to an activating group) is 1. The van der Waals surface area contributed by atoms with E-state index in [9.17, 15) is 0 Å². The van der Waals surface area contributed by atoms with Gasteiger partial charge in [0.15, 0.2) is 0 Å². The molecule has 156 valence electrons. The highest BCUT2D eigenvalue weighted by Crippen LogP contribution is 2.28. The van der Waals surface area contributed by atoms with Crippen LogP contribution >= 0.6 is 0 Å². The minimum Gasteiger partial charge on any atom is -0.304 e. The molecule has 4 aromatic rings. The molecule has 0 radical (unpaired) electrons. The van der Waals surface area contributed by atoms with Crippen molar-refractivity contribution in [1.82, 2.24) is 24.6 Å². The molecule has 1 aliphatic heterocycles. The first kappa shape index (κ1) is 19.7. The first-order chi connectivity index (χ1) is 15.3. The monoisotopic (exact) mass is 409 g/mol. The first-order valence-electron chi connectivity index (χ1n) is 10.8. The molecule has 31 heavy (non-hydrogen) atoms. The third-order valence-corrected chi connectivity index (χ3v) is 5.96. The first-order valence-corrected chi connectivity index (χ1v) is 10.8. The molecule has 0 spiro atoms. The van der Waals surface area contributed by atoms with Crippen LogP contribution in [-0.2, 0) is 6.54 Å². The lowest BCUT2D eigenvalue weighted by molar-refractivity contribution is 0.148. The van der Waals surface area contributed by atoms with E-state index in [0.717, 1.165) is 49.8 Å². The van der Waals surface area contributed by atoms with Crippen LogP contribution in [0, 0.1) is 0 Å². The Morgan fingerprint density at radius 2 is 1.48 bits per heavy atom. The van der Waals surface area contributed by atoms with E-state index in [1.54, 1.807) is 0 Å². The fourth-order valence-electron chi connectivity index (χ4n) is 4.14. The molecule has 1 saturated heterocycles. The molecule has 0 atom stereocenters. The Morgan fingerprint density at radius 3 is 2.19 bits per heavy atom. The number of rotatable bonds is 5. The van der Waals surface area contributed by atoms with Crippen molar-refractivity contribution in [2.45, 2.75) is 6.54 Å². The standard InChI is InChI=1S/C26H27N5/c1-29-15-17-30(18-16-29)20-23-19-28-31(26(23)25-9-5-6-14-27-25)24-12-10-22(11-13-24)21-7-3-2-4-8-21/h2-14,19H,15-18,20H2,1H3. The van der Waals surface area contributed by atoms with Crippen LogP contribution in [0.5, 0.6) is 0 Å². The lowest BCUT2D eigenvalue weighted by atomic mass is 10.1. The van der Waals surface area contributed by atoms with E-state index in [4.69, 9.17) is 5.10 Å². The fraction of sp³-hybridized carbons (Fsp3) is 0.231. The SMILES string of the molecule is CN1CCN(Cc2cnn(-c3ccc(-c4ccccc4)cc3)c2-c2ccccn2)CC1. The van der Waals surface area contributed by atoms with Gasteiger partial charge in [-0.1, -0.05) is 48.5 Å². The van der Waals surface area contributed by atoms with Crippen molar-refractivity contribution in [1.29, 1.82) is 0 Å². The third-order valence-electron chi connectivity index (χ3n) is 5.96. The average molecular weight is 410 g/mol. The van der Waals surface area contributed by atoms with Crippen molar-refractivity contribution < 1.29 is 0 Å². The summed E-state index contributed by atoms with van der Waals surface area (Å²) < 4.78 is 2.03. The average Bonchev–Trinajstić information content (AvgIpc) is 3.25. The molecule has 0 amide bonds. The van der Waals surface area contributed by atoms with Gasteiger partial charge in [-0.05, 0) is 42.4 Å². The van der Waals surface area contributed by atoms with Crippen LogP contribution in [0.15, 0.2) is 85.2 Å². The maximum atomic E-state index is 4.79. The highest BCUT2D eigenvalue weighted by Gasteiger charge is 2.20. The van der Waals surface area contributed by atoms with Crippen LogP contribution in [0.25, 0.3) is 28.2 Å². The van der Waals surface area contributed by atoms with Crippen molar-refractivity contribution >= 4 is 0 Å². The maximum Gasteiger partial charge on any atom is 0.0970 e. The van der Waals surface area contributed by atoms with Crippen LogP contribution in [0.1, 0.15) is 5.56 Å². The number of hydrogen-bond acceptors (Lipinski definition) is 4. The summed E-state index contributed by atoms with van der Waals surface area (Å²) in [5, 5.41) is 4.79. The van der Waals surface area contributed by atoms with Crippen LogP contribution in [-0.4, -0.2) is 57.8 Å². The molecule has 3 heterocycles. The summed E-state index contributed by atoms with van der Waals surface area (Å²) in [7, 11) is 2.19. The van der Waals surface area contributed by atoms with Gasteiger partial charge in [0, 0.05) is 44.5 Å². The number of hydrogen-bond donors (Lipinski definition) is 0. The molecule has 2 aromatic heterocycles. The molecular formula is C26H27N5. The third kappa shape index (κ3) is 4.29. The minimum atomic E-state index is 0.891. The predicted molar refractivity (Wildman–Crippen MR) is 125 cm³/mol. The number of aromatic nitrogens is 3. The van der Waals surface area contributed by atoms with Crippen molar-refractivity contribution in [2.24, 2.45) is 0 Å². The van der Waals surface area contributed by atoms with Gasteiger partial charge in [-0.15, -0.1) is 0 Å². The van der Waals surface area contributed by atoms with Crippen LogP contribution in [0.4, 0.5) is 0 Å². The molecule has 0 saturated carbocycles. The van der Waals surface area contributed by atoms with Crippen molar-refractivity contribution in [3.05, 3.63) is 90.8 Å². The molecular weight excluding hydrogens is 382 g/mol. The van der Waals surface area contributed by atoms with Crippen LogP contribution in [0.3, 0.4) is 0 Å². The van der Waals surface area contributed by atoms with Gasteiger partial charge in [0.05, 0.1) is 23.3 Å². The molecule has 0 aliphatic carbocycles. The summed E-state index contributed by atoms with van der Waals surface area (Å²) in [6, 6.07) is 25.1. The van der Waals surface area contributed by atoms with E-state index in [2.05, 4.69) is 76.4 Å². The van der Waals surface area contributed by atoms with E-state index >= 15 is 0 Å². The zero-order valence-electron chi connectivity index (χ0n) is 17.9. The molecule has 0 unspecified atom stereocenters. The second kappa shape index (κ2) is 8.84. The van der Waals surface area contributed by atoms with Gasteiger partial charge in [0.25, 0.3) is 0 Å². The van der Waals surface area contributed by atoms with Crippen molar-refractivity contribution in [2.75, 3.05) is 33.2 Å². The van der Waals surface area contributed by atoms with E-state index in [-0.39, 0.29) is 0 Å². The van der Waals surface area contributed by atoms with Gasteiger partial charge in [-0.25, -0.2) is 4.68 Å². The molecule has 5 rings (SSSR count). The van der Waals surface area contributed by atoms with E-state index in [0.29, 0.717) is 0 Å². The van der Waals surface area contributed by atoms with Gasteiger partial charge >= 0.3 is 0 Å². The largest absolute Gasteiger partial charge is 0.304 e. The molecule has 2 aromatic carbocycles. The fourth-order valence-corrected chi connectivity index (χ4v) is 4.14. The predicted octanol–water partition coefficient (Wildman–Crippen LogP) is 4.35. The molecule has 5 heteroatoms. The lowest BCUT2D eigenvalue weighted by Gasteiger charge is -2.32. The number of piperazine rings is 1. The Balaban J connectivity index is 1.49. The Kier molecular flexibility index (Phi) is 5.61. The summed E-state index contributed by atoms with van der Waals surface area (Å²) in [5.41, 5.74) is 6.72. The summed E-state index contributed by atoms with van der Waals surface area (Å²) in [5.74, 6) is 0. The van der Waals surface area contributed by atoms with Gasteiger partial charge in [0.1, 0.15) is 0 Å². The van der Waals surface area contributed by atoms with E-state index in [1.807, 2.05) is 35.3 Å². The van der Waals surface area contributed by atoms with Gasteiger partial charge in [-0.3, -0.25) is 9.88 Å². The Bertz CT molecular complexity index is 1110. The van der Waals surface area contributed by atoms with Crippen LogP contribution in [0.2, 0.25) is 0 Å². The quantitative estimate of drug-likeness (QED) is 0.491. The molecule has 1 aliphatic rings. The summed E-state index contributed by atoms with van der Waals surface area (Å²) in [6.45, 7) is 5.26. The second-order valence-corrected chi connectivity index (χ2v) is 8.14. The highest BCUT2D eigenvalue weighted by molar-refractivity contribution is 5.66.